The van der Waals surface area contributed by atoms with Crippen molar-refractivity contribution in [2.75, 3.05) is 19.7 Å². The topological polar surface area (TPSA) is 80.8 Å². The molecule has 1 saturated carbocycles. The molecule has 2 amide bonds. The predicted octanol–water partition coefficient (Wildman–Crippen LogP) is 3.73. The lowest BCUT2D eigenvalue weighted by Crippen LogP contribution is -2.45. The molecule has 2 aromatic rings. The number of amides is 2. The molecule has 2 fully saturated rings. The Labute approximate surface area is 195 Å². The lowest BCUT2D eigenvalue weighted by atomic mass is 9.96. The summed E-state index contributed by atoms with van der Waals surface area (Å²) in [4.78, 5) is 31.5. The van der Waals surface area contributed by atoms with Crippen molar-refractivity contribution in [2.45, 2.75) is 57.6 Å². The van der Waals surface area contributed by atoms with Gasteiger partial charge in [0.1, 0.15) is 11.9 Å². The summed E-state index contributed by atoms with van der Waals surface area (Å²) in [6, 6.07) is 13.3. The third-order valence-electron chi connectivity index (χ3n) is 6.33. The van der Waals surface area contributed by atoms with Gasteiger partial charge in [-0.1, -0.05) is 18.2 Å². The number of nitrogens with one attached hydrogen (secondary N) is 1. The van der Waals surface area contributed by atoms with Crippen LogP contribution in [0.3, 0.4) is 0 Å². The molecule has 1 atom stereocenters. The number of ether oxygens (including phenoxy) is 2. The van der Waals surface area contributed by atoms with Crippen molar-refractivity contribution in [1.29, 1.82) is 0 Å². The van der Waals surface area contributed by atoms with Crippen LogP contribution in [0.15, 0.2) is 48.7 Å². The standard InChI is InChI=1S/C26H33N3O4/c30-25(13-16-32-22-8-2-1-3-9-22)29-15-6-7-21(19-29)26(31)28-18-20-12-14-27-24(17-20)33-23-10-4-5-11-23/h1-3,8-9,12,14,17,21,23H,4-7,10-11,13,15-16,18-19H2,(H,28,31). The average molecular weight is 452 g/mol. The van der Waals surface area contributed by atoms with Crippen molar-refractivity contribution in [2.24, 2.45) is 5.92 Å². The molecule has 1 aliphatic heterocycles. The number of likely N-dealkylation sites (tertiary alicyclic amines) is 1. The summed E-state index contributed by atoms with van der Waals surface area (Å²) in [6.07, 6.45) is 8.50. The van der Waals surface area contributed by atoms with E-state index in [1.807, 2.05) is 42.5 Å². The van der Waals surface area contributed by atoms with Gasteiger partial charge in [0.25, 0.3) is 0 Å². The van der Waals surface area contributed by atoms with Crippen molar-refractivity contribution < 1.29 is 19.1 Å². The Bertz CT molecular complexity index is 915. The molecular weight excluding hydrogens is 418 g/mol. The molecule has 2 heterocycles. The predicted molar refractivity (Wildman–Crippen MR) is 125 cm³/mol. The summed E-state index contributed by atoms with van der Waals surface area (Å²) >= 11 is 0. The minimum atomic E-state index is -0.186. The van der Waals surface area contributed by atoms with Gasteiger partial charge in [0.15, 0.2) is 0 Å². The molecule has 1 aliphatic carbocycles. The molecule has 4 rings (SSSR count). The van der Waals surface area contributed by atoms with E-state index >= 15 is 0 Å². The molecule has 7 nitrogen and oxygen atoms in total. The summed E-state index contributed by atoms with van der Waals surface area (Å²) in [5.41, 5.74) is 0.966. The molecule has 1 aromatic carbocycles. The Morgan fingerprint density at radius 1 is 1.06 bits per heavy atom. The average Bonchev–Trinajstić information content (AvgIpc) is 3.36. The summed E-state index contributed by atoms with van der Waals surface area (Å²) in [5.74, 6) is 1.22. The largest absolute Gasteiger partial charge is 0.493 e. The molecule has 176 valence electrons. The quantitative estimate of drug-likeness (QED) is 0.628. The first-order chi connectivity index (χ1) is 16.2. The molecule has 0 bridgehead atoms. The molecule has 1 aromatic heterocycles. The molecule has 2 aliphatic rings. The van der Waals surface area contributed by atoms with Crippen molar-refractivity contribution in [1.82, 2.24) is 15.2 Å². The lowest BCUT2D eigenvalue weighted by Gasteiger charge is -2.32. The number of piperidine rings is 1. The number of hydrogen-bond donors (Lipinski definition) is 1. The van der Waals surface area contributed by atoms with Crippen LogP contribution in [-0.4, -0.2) is 47.5 Å². The maximum atomic E-state index is 12.8. The fourth-order valence-corrected chi connectivity index (χ4v) is 4.48. The van der Waals surface area contributed by atoms with Gasteiger partial charge in [-0.2, -0.15) is 0 Å². The molecule has 0 radical (unpaired) electrons. The highest BCUT2D eigenvalue weighted by Gasteiger charge is 2.28. The van der Waals surface area contributed by atoms with Gasteiger partial charge in [-0.15, -0.1) is 0 Å². The zero-order valence-electron chi connectivity index (χ0n) is 19.1. The summed E-state index contributed by atoms with van der Waals surface area (Å²) in [7, 11) is 0. The Hall–Kier alpha value is -3.09. The molecule has 0 spiro atoms. The highest BCUT2D eigenvalue weighted by Crippen LogP contribution is 2.23. The normalized spacial score (nSPS) is 18.7. The zero-order valence-corrected chi connectivity index (χ0v) is 19.1. The highest BCUT2D eigenvalue weighted by atomic mass is 16.5. The third kappa shape index (κ3) is 6.94. The lowest BCUT2D eigenvalue weighted by molar-refractivity contribution is -0.136. The fourth-order valence-electron chi connectivity index (χ4n) is 4.48. The summed E-state index contributed by atoms with van der Waals surface area (Å²) < 4.78 is 11.6. The number of carbonyl (C=O) groups excluding carboxylic acids is 2. The molecule has 1 saturated heterocycles. The monoisotopic (exact) mass is 451 g/mol. The number of carbonyl (C=O) groups is 2. The van der Waals surface area contributed by atoms with E-state index < -0.39 is 0 Å². The van der Waals surface area contributed by atoms with Gasteiger partial charge >= 0.3 is 0 Å². The maximum Gasteiger partial charge on any atom is 0.226 e. The molecule has 1 N–H and O–H groups in total. The van der Waals surface area contributed by atoms with Crippen LogP contribution in [0.25, 0.3) is 0 Å². The van der Waals surface area contributed by atoms with Crippen LogP contribution in [0.2, 0.25) is 0 Å². The van der Waals surface area contributed by atoms with Crippen molar-refractivity contribution in [3.8, 4) is 11.6 Å². The maximum absolute atomic E-state index is 12.8. The number of pyridine rings is 1. The van der Waals surface area contributed by atoms with Crippen LogP contribution in [0.5, 0.6) is 11.6 Å². The van der Waals surface area contributed by atoms with E-state index in [0.717, 1.165) is 37.0 Å². The van der Waals surface area contributed by atoms with Gasteiger partial charge in [-0.25, -0.2) is 4.98 Å². The number of para-hydroxylation sites is 1. The van der Waals surface area contributed by atoms with Gasteiger partial charge in [0, 0.05) is 31.9 Å². The Kier molecular flexibility index (Phi) is 8.17. The van der Waals surface area contributed by atoms with Crippen molar-refractivity contribution in [3.63, 3.8) is 0 Å². The Morgan fingerprint density at radius 3 is 2.70 bits per heavy atom. The summed E-state index contributed by atoms with van der Waals surface area (Å²) in [6.45, 7) is 1.92. The number of rotatable bonds is 9. The number of nitrogens with zero attached hydrogens (tertiary/aromatic N) is 2. The Balaban J connectivity index is 1.21. The van der Waals surface area contributed by atoms with Gasteiger partial charge in [0.2, 0.25) is 17.7 Å². The minimum absolute atomic E-state index is 0.0110. The first-order valence-corrected chi connectivity index (χ1v) is 12.0. The van der Waals surface area contributed by atoms with Crippen LogP contribution in [0, 0.1) is 5.92 Å². The Morgan fingerprint density at radius 2 is 1.88 bits per heavy atom. The zero-order chi connectivity index (χ0) is 22.9. The molecule has 1 unspecified atom stereocenters. The first kappa shape index (κ1) is 23.1. The summed E-state index contributed by atoms with van der Waals surface area (Å²) in [5, 5.41) is 3.03. The first-order valence-electron chi connectivity index (χ1n) is 12.0. The van der Waals surface area contributed by atoms with E-state index in [9.17, 15) is 9.59 Å². The van der Waals surface area contributed by atoms with Crippen molar-refractivity contribution in [3.05, 3.63) is 54.2 Å². The minimum Gasteiger partial charge on any atom is -0.493 e. The molecule has 33 heavy (non-hydrogen) atoms. The third-order valence-corrected chi connectivity index (χ3v) is 6.33. The van der Waals surface area contributed by atoms with E-state index in [2.05, 4.69) is 10.3 Å². The van der Waals surface area contributed by atoms with E-state index in [0.29, 0.717) is 38.5 Å². The second kappa shape index (κ2) is 11.7. The number of hydrogen-bond acceptors (Lipinski definition) is 5. The molecular formula is C26H33N3O4. The van der Waals surface area contributed by atoms with Crippen LogP contribution in [0.4, 0.5) is 0 Å². The van der Waals surface area contributed by atoms with Crippen LogP contribution < -0.4 is 14.8 Å². The van der Waals surface area contributed by atoms with Crippen LogP contribution >= 0.6 is 0 Å². The van der Waals surface area contributed by atoms with E-state index in [1.54, 1.807) is 11.1 Å². The van der Waals surface area contributed by atoms with Crippen LogP contribution in [0.1, 0.15) is 50.5 Å². The van der Waals surface area contributed by atoms with Gasteiger partial charge in [0.05, 0.1) is 18.9 Å². The van der Waals surface area contributed by atoms with Crippen LogP contribution in [-0.2, 0) is 16.1 Å². The number of aromatic nitrogens is 1. The fraction of sp³-hybridized carbons (Fsp3) is 0.500. The molecule has 7 heteroatoms. The van der Waals surface area contributed by atoms with E-state index in [4.69, 9.17) is 9.47 Å². The SMILES string of the molecule is O=C(NCc1ccnc(OC2CCCC2)c1)C1CCCN(C(=O)CCOc2ccccc2)C1. The van der Waals surface area contributed by atoms with Gasteiger partial charge < -0.3 is 19.7 Å². The van der Waals surface area contributed by atoms with E-state index in [-0.39, 0.29) is 23.8 Å². The second-order valence-corrected chi connectivity index (χ2v) is 8.83. The van der Waals surface area contributed by atoms with Crippen molar-refractivity contribution >= 4 is 11.8 Å². The van der Waals surface area contributed by atoms with Gasteiger partial charge in [-0.05, 0) is 62.3 Å². The number of benzene rings is 1. The van der Waals surface area contributed by atoms with Gasteiger partial charge in [-0.3, -0.25) is 9.59 Å². The highest BCUT2D eigenvalue weighted by molar-refractivity contribution is 5.81. The second-order valence-electron chi connectivity index (χ2n) is 8.83. The smallest absolute Gasteiger partial charge is 0.226 e. The van der Waals surface area contributed by atoms with E-state index in [1.165, 1.54) is 12.8 Å².